The van der Waals surface area contributed by atoms with Crippen LogP contribution in [0.2, 0.25) is 0 Å². The van der Waals surface area contributed by atoms with Crippen molar-refractivity contribution >= 4 is 22.0 Å². The normalized spacial score (nSPS) is 19.0. The molecular weight excluding hydrogens is 511 g/mol. The molecule has 3 aromatic rings. The van der Waals surface area contributed by atoms with Gasteiger partial charge in [-0.05, 0) is 55.3 Å². The fourth-order valence-electron chi connectivity index (χ4n) is 4.71. The minimum Gasteiger partial charge on any atom is -0.434 e. The van der Waals surface area contributed by atoms with Gasteiger partial charge >= 0.3 is 6.61 Å². The molecule has 176 valence electrons. The van der Waals surface area contributed by atoms with Gasteiger partial charge < -0.3 is 15.2 Å². The maximum atomic E-state index is 15.1. The summed E-state index contributed by atoms with van der Waals surface area (Å²) in [6.07, 6.45) is 4.87. The molecule has 2 N–H and O–H groups in total. The van der Waals surface area contributed by atoms with Crippen LogP contribution in [-0.2, 0) is 5.60 Å². The molecule has 1 aliphatic heterocycles. The summed E-state index contributed by atoms with van der Waals surface area (Å²) < 4.78 is 46.7. The highest BCUT2D eigenvalue weighted by Crippen LogP contribution is 2.52. The van der Waals surface area contributed by atoms with Crippen LogP contribution in [0.1, 0.15) is 48.2 Å². The molecule has 0 amide bonds. The number of fused-ring (bicyclic) bond motifs is 3. The molecule has 2 aliphatic rings. The lowest BCUT2D eigenvalue weighted by Gasteiger charge is -2.23. The monoisotopic (exact) mass is 531 g/mol. The number of hydrogen-bond acceptors (Lipinski definition) is 5. The molecule has 34 heavy (non-hydrogen) atoms. The number of hydrogen-bond donors (Lipinski definition) is 2. The van der Waals surface area contributed by atoms with Crippen molar-refractivity contribution in [2.45, 2.75) is 37.9 Å². The van der Waals surface area contributed by atoms with Crippen LogP contribution in [0.25, 0.3) is 17.2 Å². The topological polar surface area (TPSA) is 67.3 Å². The molecular formula is C25H21BrF3N3O2. The quantitative estimate of drug-likeness (QED) is 0.442. The maximum absolute atomic E-state index is 15.1. The predicted octanol–water partition coefficient (Wildman–Crippen LogP) is 5.70. The Hall–Kier alpha value is -2.91. The number of allylic oxidation sites excluding steroid dienone is 1. The predicted molar refractivity (Wildman–Crippen MR) is 125 cm³/mol. The minimum atomic E-state index is -2.94. The molecule has 0 bridgehead atoms. The zero-order valence-electron chi connectivity index (χ0n) is 18.3. The fraction of sp³-hybridized carbons (Fsp3) is 0.280. The van der Waals surface area contributed by atoms with Gasteiger partial charge in [0, 0.05) is 57.6 Å². The summed E-state index contributed by atoms with van der Waals surface area (Å²) in [6.45, 7) is 0.729. The van der Waals surface area contributed by atoms with Crippen molar-refractivity contribution in [1.82, 2.24) is 15.3 Å². The summed E-state index contributed by atoms with van der Waals surface area (Å²) in [5.41, 5.74) is 2.76. The SMILES string of the molecule is CC(C)(O)c1ncc(-c2cc3c(cc2F)C=C2NCC(c4c(Br)cccc4OC(F)F)C23)cn1. The van der Waals surface area contributed by atoms with E-state index in [9.17, 15) is 13.9 Å². The molecule has 2 unspecified atom stereocenters. The van der Waals surface area contributed by atoms with Crippen molar-refractivity contribution < 1.29 is 23.0 Å². The Morgan fingerprint density at radius 1 is 1.21 bits per heavy atom. The van der Waals surface area contributed by atoms with Gasteiger partial charge in [-0.25, -0.2) is 14.4 Å². The highest BCUT2D eigenvalue weighted by atomic mass is 79.9. The molecule has 9 heteroatoms. The van der Waals surface area contributed by atoms with E-state index in [1.54, 1.807) is 32.0 Å². The van der Waals surface area contributed by atoms with Gasteiger partial charge in [0.15, 0.2) is 5.82 Å². The van der Waals surface area contributed by atoms with Crippen LogP contribution in [0, 0.1) is 5.82 Å². The maximum Gasteiger partial charge on any atom is 0.387 e. The van der Waals surface area contributed by atoms with Gasteiger partial charge in [-0.2, -0.15) is 8.78 Å². The molecule has 0 radical (unpaired) electrons. The number of rotatable bonds is 5. The Balaban J connectivity index is 1.56. The number of ether oxygens (including phenoxy) is 1. The van der Waals surface area contributed by atoms with Crippen LogP contribution in [0.5, 0.6) is 5.75 Å². The van der Waals surface area contributed by atoms with Crippen molar-refractivity contribution in [3.63, 3.8) is 0 Å². The van der Waals surface area contributed by atoms with Crippen molar-refractivity contribution in [2.75, 3.05) is 6.54 Å². The number of halogens is 4. The van der Waals surface area contributed by atoms with Crippen LogP contribution in [0.4, 0.5) is 13.2 Å². The lowest BCUT2D eigenvalue weighted by atomic mass is 9.83. The van der Waals surface area contributed by atoms with Gasteiger partial charge in [-0.1, -0.05) is 22.0 Å². The van der Waals surface area contributed by atoms with E-state index >= 15 is 4.39 Å². The van der Waals surface area contributed by atoms with Crippen molar-refractivity contribution in [3.05, 3.63) is 81.2 Å². The first-order chi connectivity index (χ1) is 16.1. The zero-order valence-corrected chi connectivity index (χ0v) is 19.9. The highest BCUT2D eigenvalue weighted by Gasteiger charge is 2.41. The van der Waals surface area contributed by atoms with E-state index in [-0.39, 0.29) is 23.4 Å². The van der Waals surface area contributed by atoms with E-state index in [1.165, 1.54) is 24.5 Å². The van der Waals surface area contributed by atoms with E-state index in [2.05, 4.69) is 31.2 Å². The number of aromatic nitrogens is 2. The standard InChI is InChI=1S/C25H21BrF3N3O2/c1-25(2,33)23-31-9-13(10-32-23)14-8-15-12(6-18(14)27)7-19-21(15)16(11-30-19)22-17(26)4-3-5-20(22)34-24(28)29/h3-10,16,21,24,30,33H,11H2,1-2H3. The lowest BCUT2D eigenvalue weighted by Crippen LogP contribution is -2.19. The summed E-state index contributed by atoms with van der Waals surface area (Å²) in [5.74, 6) is -0.450. The molecule has 1 saturated heterocycles. The summed E-state index contributed by atoms with van der Waals surface area (Å²) in [4.78, 5) is 8.39. The Kier molecular flexibility index (Phi) is 5.64. The highest BCUT2D eigenvalue weighted by molar-refractivity contribution is 9.10. The average Bonchev–Trinajstić information content (AvgIpc) is 3.31. The third-order valence-electron chi connectivity index (χ3n) is 6.19. The largest absolute Gasteiger partial charge is 0.434 e. The van der Waals surface area contributed by atoms with Gasteiger partial charge in [-0.15, -0.1) is 0 Å². The Bertz CT molecular complexity index is 1290. The van der Waals surface area contributed by atoms with E-state index in [0.29, 0.717) is 27.7 Å². The Morgan fingerprint density at radius 2 is 1.94 bits per heavy atom. The second-order valence-electron chi connectivity index (χ2n) is 8.91. The molecule has 2 aromatic carbocycles. The molecule has 1 aliphatic carbocycles. The van der Waals surface area contributed by atoms with Crippen LogP contribution in [0.15, 0.2) is 52.9 Å². The molecule has 1 fully saturated rings. The summed E-state index contributed by atoms with van der Waals surface area (Å²) in [7, 11) is 0. The summed E-state index contributed by atoms with van der Waals surface area (Å²) in [6, 6.07) is 8.21. The smallest absolute Gasteiger partial charge is 0.387 e. The molecule has 0 saturated carbocycles. The van der Waals surface area contributed by atoms with Crippen LogP contribution in [-0.4, -0.2) is 28.2 Å². The van der Waals surface area contributed by atoms with Crippen molar-refractivity contribution in [1.29, 1.82) is 0 Å². The van der Waals surface area contributed by atoms with Gasteiger partial charge in [0.2, 0.25) is 0 Å². The van der Waals surface area contributed by atoms with Gasteiger partial charge in [-0.3, -0.25) is 0 Å². The molecule has 5 rings (SSSR count). The van der Waals surface area contributed by atoms with Crippen LogP contribution in [0.3, 0.4) is 0 Å². The van der Waals surface area contributed by atoms with Gasteiger partial charge in [0.05, 0.1) is 0 Å². The molecule has 1 aromatic heterocycles. The molecule has 2 atom stereocenters. The third kappa shape index (κ3) is 3.96. The first kappa shape index (κ1) is 22.9. The molecule has 2 heterocycles. The lowest BCUT2D eigenvalue weighted by molar-refractivity contribution is -0.0506. The zero-order chi connectivity index (χ0) is 24.2. The summed E-state index contributed by atoms with van der Waals surface area (Å²) >= 11 is 3.50. The van der Waals surface area contributed by atoms with Gasteiger partial charge in [0.1, 0.15) is 17.2 Å². The average molecular weight is 532 g/mol. The first-order valence-corrected chi connectivity index (χ1v) is 11.5. The van der Waals surface area contributed by atoms with Crippen molar-refractivity contribution in [2.24, 2.45) is 0 Å². The summed E-state index contributed by atoms with van der Waals surface area (Å²) in [5, 5.41) is 13.4. The number of alkyl halides is 2. The van der Waals surface area contributed by atoms with Crippen LogP contribution < -0.4 is 10.1 Å². The number of nitrogens with one attached hydrogen (secondary N) is 1. The number of benzene rings is 2. The number of aliphatic hydroxyl groups is 1. The Morgan fingerprint density at radius 3 is 2.62 bits per heavy atom. The number of nitrogens with zero attached hydrogens (tertiary/aromatic N) is 2. The Labute approximate surface area is 202 Å². The molecule has 0 spiro atoms. The third-order valence-corrected chi connectivity index (χ3v) is 6.88. The second-order valence-corrected chi connectivity index (χ2v) is 9.76. The van der Waals surface area contributed by atoms with E-state index in [0.717, 1.165) is 16.8 Å². The second kappa shape index (κ2) is 8.39. The molecule has 5 nitrogen and oxygen atoms in total. The first-order valence-electron chi connectivity index (χ1n) is 10.7. The minimum absolute atomic E-state index is 0.115. The van der Waals surface area contributed by atoms with Crippen LogP contribution >= 0.6 is 15.9 Å². The fourth-order valence-corrected chi connectivity index (χ4v) is 5.36. The van der Waals surface area contributed by atoms with E-state index in [1.807, 2.05) is 6.08 Å². The van der Waals surface area contributed by atoms with Crippen molar-refractivity contribution in [3.8, 4) is 16.9 Å². The van der Waals surface area contributed by atoms with E-state index < -0.39 is 18.0 Å². The van der Waals surface area contributed by atoms with Gasteiger partial charge in [0.25, 0.3) is 0 Å². The van der Waals surface area contributed by atoms with E-state index in [4.69, 9.17) is 4.74 Å².